The number of unbranched alkanes of at least 4 members (excludes halogenated alkanes) is 2. The number of aliphatic hydroxyl groups excluding tert-OH is 2. The molecule has 376 valence electrons. The number of hydrogen-bond acceptors (Lipinski definition) is 12. The summed E-state index contributed by atoms with van der Waals surface area (Å²) in [4.78, 5) is 54.5. The summed E-state index contributed by atoms with van der Waals surface area (Å²) >= 11 is 0. The summed E-state index contributed by atoms with van der Waals surface area (Å²) in [6.07, 6.45) is 15.2. The smallest absolute Gasteiger partial charge is 0.314 e. The van der Waals surface area contributed by atoms with Crippen LogP contribution in [0.3, 0.4) is 0 Å². The lowest BCUT2D eigenvalue weighted by molar-refractivity contribution is -0.146. The van der Waals surface area contributed by atoms with Crippen molar-refractivity contribution < 1.29 is 48.3 Å². The molecule has 0 amide bonds. The Morgan fingerprint density at radius 2 is 0.901 bits per heavy atom. The fraction of sp³-hybridized carbons (Fsp3) is 0.390. The molecule has 0 aromatic heterocycles. The van der Waals surface area contributed by atoms with Crippen LogP contribution in [0.1, 0.15) is 99.3 Å². The van der Waals surface area contributed by atoms with Crippen LogP contribution >= 0.6 is 0 Å². The number of nitrogen functional groups attached to an aromatic ring is 2. The molecule has 6 rings (SSSR count). The third-order valence-electron chi connectivity index (χ3n) is 13.6. The highest BCUT2D eigenvalue weighted by molar-refractivity contribution is 6.01. The van der Waals surface area contributed by atoms with Gasteiger partial charge in [-0.15, -0.1) is 13.2 Å². The van der Waals surface area contributed by atoms with E-state index in [9.17, 15) is 29.4 Å². The topological polar surface area (TPSA) is 198 Å². The molecule has 2 fully saturated rings. The van der Waals surface area contributed by atoms with Crippen molar-refractivity contribution in [3.8, 4) is 11.5 Å². The van der Waals surface area contributed by atoms with Crippen molar-refractivity contribution in [2.75, 3.05) is 24.7 Å². The molecule has 71 heavy (non-hydrogen) atoms. The Morgan fingerprint density at radius 3 is 1.24 bits per heavy atom. The molecule has 2 saturated carbocycles. The second-order valence-corrected chi connectivity index (χ2v) is 18.9. The summed E-state index contributed by atoms with van der Waals surface area (Å²) in [5.41, 5.74) is 13.7. The fourth-order valence-corrected chi connectivity index (χ4v) is 9.31. The minimum absolute atomic E-state index is 0.0892. The van der Waals surface area contributed by atoms with Gasteiger partial charge in [-0.2, -0.15) is 0 Å². The van der Waals surface area contributed by atoms with E-state index in [1.807, 2.05) is 12.2 Å². The van der Waals surface area contributed by atoms with E-state index in [0.29, 0.717) is 84.0 Å². The quantitative estimate of drug-likeness (QED) is 0.0116. The molecule has 2 aliphatic rings. The van der Waals surface area contributed by atoms with Crippen molar-refractivity contribution in [2.24, 2.45) is 17.3 Å². The zero-order valence-corrected chi connectivity index (χ0v) is 40.7. The van der Waals surface area contributed by atoms with Crippen molar-refractivity contribution in [3.05, 3.63) is 157 Å². The molecule has 0 saturated heterocycles. The lowest BCUT2D eigenvalue weighted by Crippen LogP contribution is -2.54. The molecular weight excluding hydrogens is 897 g/mol. The molecular formula is C59H70N2O10. The Hall–Kier alpha value is -6.44. The van der Waals surface area contributed by atoms with E-state index in [1.54, 1.807) is 97.1 Å². The molecule has 4 aromatic rings. The number of hydrogen-bond donors (Lipinski definition) is 4. The maximum absolute atomic E-state index is 14.2. The predicted octanol–water partition coefficient (Wildman–Crippen LogP) is 9.80. The summed E-state index contributed by atoms with van der Waals surface area (Å²) < 4.78 is 23.4. The van der Waals surface area contributed by atoms with Gasteiger partial charge in [0.15, 0.2) is 11.6 Å². The molecule has 4 aromatic carbocycles. The second kappa shape index (κ2) is 27.2. The zero-order chi connectivity index (χ0) is 50.6. The molecule has 0 radical (unpaired) electrons. The van der Waals surface area contributed by atoms with Gasteiger partial charge in [-0.3, -0.25) is 19.2 Å². The Kier molecular flexibility index (Phi) is 20.7. The normalized spacial score (nSPS) is 19.2. The number of esters is 2. The van der Waals surface area contributed by atoms with Crippen LogP contribution in [-0.2, 0) is 41.5 Å². The van der Waals surface area contributed by atoms with Gasteiger partial charge in [0.1, 0.15) is 23.7 Å². The number of carbonyl (C=O) groups is 4. The Labute approximate surface area is 418 Å². The van der Waals surface area contributed by atoms with Gasteiger partial charge in [0.25, 0.3) is 0 Å². The van der Waals surface area contributed by atoms with Gasteiger partial charge in [0.05, 0.1) is 24.0 Å². The van der Waals surface area contributed by atoms with E-state index >= 15 is 0 Å². The summed E-state index contributed by atoms with van der Waals surface area (Å²) in [6, 6.07) is 27.0. The van der Waals surface area contributed by atoms with E-state index in [0.717, 1.165) is 51.4 Å². The number of benzene rings is 4. The van der Waals surface area contributed by atoms with Gasteiger partial charge in [-0.1, -0.05) is 72.8 Å². The highest BCUT2D eigenvalue weighted by atomic mass is 16.5. The first-order valence-corrected chi connectivity index (χ1v) is 24.9. The summed E-state index contributed by atoms with van der Waals surface area (Å²) in [6.45, 7) is 8.85. The Bertz CT molecular complexity index is 2240. The molecule has 2 aliphatic carbocycles. The fourth-order valence-electron chi connectivity index (χ4n) is 9.31. The maximum Gasteiger partial charge on any atom is 0.314 e. The number of allylic oxidation sites excluding steroid dienone is 2. The van der Waals surface area contributed by atoms with Gasteiger partial charge in [-0.05, 0) is 173 Å². The zero-order valence-electron chi connectivity index (χ0n) is 40.7. The highest BCUT2D eigenvalue weighted by Gasteiger charge is 2.49. The summed E-state index contributed by atoms with van der Waals surface area (Å²) in [5.74, 6) is -1.77. The minimum atomic E-state index is -1.88. The van der Waals surface area contributed by atoms with Gasteiger partial charge in [0.2, 0.25) is 0 Å². The molecule has 0 heterocycles. The first-order chi connectivity index (χ1) is 34.3. The lowest BCUT2D eigenvalue weighted by Gasteiger charge is -2.40. The molecule has 2 atom stereocenters. The van der Waals surface area contributed by atoms with Crippen molar-refractivity contribution in [1.29, 1.82) is 0 Å². The first kappa shape index (κ1) is 53.9. The van der Waals surface area contributed by atoms with Crippen molar-refractivity contribution in [2.45, 2.75) is 114 Å². The number of carbonyl (C=O) groups excluding carboxylic acids is 4. The van der Waals surface area contributed by atoms with Crippen LogP contribution in [-0.4, -0.2) is 71.3 Å². The van der Waals surface area contributed by atoms with E-state index in [4.69, 9.17) is 30.4 Å². The van der Waals surface area contributed by atoms with E-state index < -0.39 is 29.2 Å². The van der Waals surface area contributed by atoms with Crippen LogP contribution in [0.25, 0.3) is 12.2 Å². The number of rotatable bonds is 26. The lowest BCUT2D eigenvalue weighted by atomic mass is 9.66. The number of anilines is 2. The first-order valence-electron chi connectivity index (χ1n) is 24.9. The monoisotopic (exact) mass is 967 g/mol. The predicted molar refractivity (Wildman–Crippen MR) is 278 cm³/mol. The molecule has 0 spiro atoms. The molecule has 2 unspecified atom stereocenters. The van der Waals surface area contributed by atoms with Crippen LogP contribution in [0.2, 0.25) is 0 Å². The number of ketones is 2. The van der Waals surface area contributed by atoms with Crippen LogP contribution in [0, 0.1) is 17.3 Å². The van der Waals surface area contributed by atoms with Crippen molar-refractivity contribution in [3.63, 3.8) is 0 Å². The van der Waals surface area contributed by atoms with Gasteiger partial charge in [-0.25, -0.2) is 0 Å². The SMILES string of the molecule is C=CCCCOC1CCC(C(=O)Oc2ccc(/C=C/C(=O)C(O)C(Cc3ccc(N)cc3)(Cc3ccc(N)cc3)C(O)C(=O)/C=C/c3ccc(OC(=O)C4CCC(OCCCC=C)CC4)cc3)cc2)CC1. The average Bonchev–Trinajstić information content (AvgIpc) is 3.39. The Morgan fingerprint density at radius 1 is 0.549 bits per heavy atom. The number of aliphatic hydroxyl groups is 2. The van der Waals surface area contributed by atoms with Crippen LogP contribution in [0.15, 0.2) is 135 Å². The van der Waals surface area contributed by atoms with E-state index in [1.165, 1.54) is 24.3 Å². The van der Waals surface area contributed by atoms with Gasteiger partial charge in [0, 0.05) is 30.0 Å². The van der Waals surface area contributed by atoms with Crippen LogP contribution < -0.4 is 20.9 Å². The maximum atomic E-state index is 14.2. The van der Waals surface area contributed by atoms with Crippen molar-refractivity contribution in [1.82, 2.24) is 0 Å². The third kappa shape index (κ3) is 16.3. The molecule has 0 aliphatic heterocycles. The molecule has 12 nitrogen and oxygen atoms in total. The molecule has 6 N–H and O–H groups in total. The summed E-state index contributed by atoms with van der Waals surface area (Å²) in [7, 11) is 0. The largest absolute Gasteiger partial charge is 0.426 e. The van der Waals surface area contributed by atoms with Gasteiger partial charge >= 0.3 is 11.9 Å². The van der Waals surface area contributed by atoms with Gasteiger partial charge < -0.3 is 40.6 Å². The minimum Gasteiger partial charge on any atom is -0.426 e. The van der Waals surface area contributed by atoms with Crippen molar-refractivity contribution >= 4 is 47.0 Å². The van der Waals surface area contributed by atoms with E-state index in [2.05, 4.69) is 13.2 Å². The summed E-state index contributed by atoms with van der Waals surface area (Å²) in [5, 5.41) is 24.5. The number of nitrogens with two attached hydrogens (primary N) is 2. The highest BCUT2D eigenvalue weighted by Crippen LogP contribution is 2.38. The van der Waals surface area contributed by atoms with E-state index in [-0.39, 0.29) is 48.8 Å². The standard InChI is InChI=1S/C59H70N2O10/c1-3-5-7-37-68-49-31-19-45(20-32-49)57(66)70-51-27-13-41(14-28-51)17-35-53(62)55(64)59(39-43-9-23-47(60)24-10-43,40-44-11-25-48(61)26-12-44)56(65)54(63)36-18-42-15-29-52(30-16-42)71-58(67)46-21-33-50(34-22-46)69-38-8-6-4-2/h3-4,9-18,23-30,35-36,45-46,49-50,55-56,64-65H,1-2,5-8,19-22,31-34,37-40,60-61H2/b35-17+,36-18+. The average molecular weight is 967 g/mol. The Balaban J connectivity index is 1.13. The van der Waals surface area contributed by atoms with Crippen LogP contribution in [0.4, 0.5) is 11.4 Å². The molecule has 0 bridgehead atoms. The third-order valence-corrected chi connectivity index (χ3v) is 13.6. The van der Waals surface area contributed by atoms with Crippen LogP contribution in [0.5, 0.6) is 11.5 Å². The number of ether oxygens (including phenoxy) is 4. The second-order valence-electron chi connectivity index (χ2n) is 18.9. The molecule has 12 heteroatoms.